The van der Waals surface area contributed by atoms with Crippen molar-refractivity contribution in [2.24, 2.45) is 0 Å². The zero-order valence-electron chi connectivity index (χ0n) is 14.6. The third-order valence-electron chi connectivity index (χ3n) is 4.09. The normalized spacial score (nSPS) is 12.0. The van der Waals surface area contributed by atoms with Crippen LogP contribution in [0, 0.1) is 11.6 Å². The van der Waals surface area contributed by atoms with Crippen LogP contribution in [0.2, 0.25) is 0 Å². The second kappa shape index (κ2) is 8.03. The Hall–Kier alpha value is -3.16. The summed E-state index contributed by atoms with van der Waals surface area (Å²) in [5, 5.41) is 2.21. The van der Waals surface area contributed by atoms with Crippen LogP contribution in [-0.2, 0) is 16.1 Å². The van der Waals surface area contributed by atoms with E-state index in [0.717, 1.165) is 17.7 Å². The van der Waals surface area contributed by atoms with Crippen LogP contribution in [0.3, 0.4) is 0 Å². The number of ether oxygens (including phenoxy) is 2. The Bertz CT molecular complexity index is 853. The van der Waals surface area contributed by atoms with E-state index in [1.54, 1.807) is 18.2 Å². The summed E-state index contributed by atoms with van der Waals surface area (Å²) in [7, 11) is 0. The van der Waals surface area contributed by atoms with E-state index in [9.17, 15) is 18.4 Å². The number of benzene rings is 2. The second-order valence-electron chi connectivity index (χ2n) is 6.02. The van der Waals surface area contributed by atoms with Gasteiger partial charge in [0.15, 0.2) is 11.5 Å². The van der Waals surface area contributed by atoms with Crippen LogP contribution in [0.4, 0.5) is 14.5 Å². The maximum absolute atomic E-state index is 13.6. The van der Waals surface area contributed by atoms with Crippen molar-refractivity contribution in [3.8, 4) is 11.5 Å². The lowest BCUT2D eigenvalue weighted by Gasteiger charge is -2.21. The third-order valence-corrected chi connectivity index (χ3v) is 4.09. The molecule has 0 bridgehead atoms. The number of carbonyl (C=O) groups is 2. The Morgan fingerprint density at radius 2 is 1.81 bits per heavy atom. The van der Waals surface area contributed by atoms with Crippen LogP contribution >= 0.6 is 0 Å². The van der Waals surface area contributed by atoms with Gasteiger partial charge in [-0.15, -0.1) is 0 Å². The predicted octanol–water partition coefficient (Wildman–Crippen LogP) is 3.07. The van der Waals surface area contributed by atoms with Crippen LogP contribution in [-0.4, -0.2) is 30.1 Å². The van der Waals surface area contributed by atoms with Gasteiger partial charge in [0.05, 0.1) is 0 Å². The second-order valence-corrected chi connectivity index (χ2v) is 6.02. The molecule has 0 aromatic heterocycles. The summed E-state index contributed by atoms with van der Waals surface area (Å²) in [4.78, 5) is 25.4. The van der Waals surface area contributed by atoms with Crippen LogP contribution in [0.15, 0.2) is 36.4 Å². The average molecular weight is 376 g/mol. The molecule has 0 saturated carbocycles. The lowest BCUT2D eigenvalue weighted by atomic mass is 10.2. The SMILES string of the molecule is CC(=O)N(CCC(=O)Nc1c(F)cccc1F)Cc1ccc2c(c1)OCO2. The maximum atomic E-state index is 13.6. The molecular weight excluding hydrogens is 358 g/mol. The highest BCUT2D eigenvalue weighted by atomic mass is 19.1. The van der Waals surface area contributed by atoms with Crippen LogP contribution in [0.5, 0.6) is 11.5 Å². The zero-order chi connectivity index (χ0) is 19.4. The molecule has 6 nitrogen and oxygen atoms in total. The fourth-order valence-corrected chi connectivity index (χ4v) is 2.66. The molecule has 0 aliphatic carbocycles. The molecule has 1 N–H and O–H groups in total. The summed E-state index contributed by atoms with van der Waals surface area (Å²) >= 11 is 0. The lowest BCUT2D eigenvalue weighted by molar-refractivity contribution is -0.129. The first-order valence-corrected chi connectivity index (χ1v) is 8.32. The van der Waals surface area contributed by atoms with Crippen molar-refractivity contribution in [1.29, 1.82) is 0 Å². The molecule has 0 saturated heterocycles. The molecule has 2 amide bonds. The summed E-state index contributed by atoms with van der Waals surface area (Å²) < 4.78 is 37.7. The summed E-state index contributed by atoms with van der Waals surface area (Å²) in [6, 6.07) is 8.65. The van der Waals surface area contributed by atoms with Crippen LogP contribution < -0.4 is 14.8 Å². The Balaban J connectivity index is 1.60. The van der Waals surface area contributed by atoms with Crippen LogP contribution in [0.25, 0.3) is 0 Å². The first-order valence-electron chi connectivity index (χ1n) is 8.32. The highest BCUT2D eigenvalue weighted by Gasteiger charge is 2.17. The molecule has 0 radical (unpaired) electrons. The third kappa shape index (κ3) is 4.52. The number of amides is 2. The van der Waals surface area contributed by atoms with E-state index >= 15 is 0 Å². The van der Waals surface area contributed by atoms with Crippen molar-refractivity contribution in [2.75, 3.05) is 18.7 Å². The first kappa shape index (κ1) is 18.6. The van der Waals surface area contributed by atoms with Gasteiger partial charge in [-0.05, 0) is 29.8 Å². The number of nitrogens with one attached hydrogen (secondary N) is 1. The Kier molecular flexibility index (Phi) is 5.54. The molecule has 0 atom stereocenters. The minimum Gasteiger partial charge on any atom is -0.454 e. The van der Waals surface area contributed by atoms with Gasteiger partial charge in [0.2, 0.25) is 18.6 Å². The largest absolute Gasteiger partial charge is 0.454 e. The van der Waals surface area contributed by atoms with E-state index in [-0.39, 0.29) is 32.2 Å². The van der Waals surface area contributed by atoms with Crippen molar-refractivity contribution in [3.05, 3.63) is 53.6 Å². The molecule has 0 unspecified atom stereocenters. The predicted molar refractivity (Wildman–Crippen MR) is 93.3 cm³/mol. The standard InChI is InChI=1S/C19H18F2N2O4/c1-12(24)23(10-13-5-6-16-17(9-13)27-11-26-16)8-7-18(25)22-19-14(20)3-2-4-15(19)21/h2-6,9H,7-8,10-11H2,1H3,(H,22,25). The van der Waals surface area contributed by atoms with Gasteiger partial charge in [0, 0.05) is 26.4 Å². The number of hydrogen-bond acceptors (Lipinski definition) is 4. The molecule has 8 heteroatoms. The monoisotopic (exact) mass is 376 g/mol. The number of carbonyl (C=O) groups excluding carboxylic acids is 2. The number of rotatable bonds is 6. The smallest absolute Gasteiger partial charge is 0.231 e. The minimum absolute atomic E-state index is 0.0993. The van der Waals surface area contributed by atoms with E-state index in [1.165, 1.54) is 17.9 Å². The number of hydrogen-bond donors (Lipinski definition) is 1. The van der Waals surface area contributed by atoms with Gasteiger partial charge >= 0.3 is 0 Å². The van der Waals surface area contributed by atoms with E-state index in [0.29, 0.717) is 11.5 Å². The first-order chi connectivity index (χ1) is 12.9. The van der Waals surface area contributed by atoms with E-state index < -0.39 is 23.2 Å². The van der Waals surface area contributed by atoms with Gasteiger partial charge < -0.3 is 19.7 Å². The molecule has 27 heavy (non-hydrogen) atoms. The van der Waals surface area contributed by atoms with Gasteiger partial charge in [-0.25, -0.2) is 8.78 Å². The number of fused-ring (bicyclic) bond motifs is 1. The van der Waals surface area contributed by atoms with E-state index in [1.807, 2.05) is 0 Å². The summed E-state index contributed by atoms with van der Waals surface area (Å²) in [6.07, 6.45) is -0.0993. The van der Waals surface area contributed by atoms with Gasteiger partial charge in [-0.1, -0.05) is 12.1 Å². The summed E-state index contributed by atoms with van der Waals surface area (Å²) in [6.45, 7) is 1.92. The lowest BCUT2D eigenvalue weighted by Crippen LogP contribution is -2.31. The minimum atomic E-state index is -0.855. The van der Waals surface area contributed by atoms with Crippen molar-refractivity contribution in [2.45, 2.75) is 19.9 Å². The van der Waals surface area contributed by atoms with Gasteiger partial charge in [0.1, 0.15) is 17.3 Å². The molecule has 2 aromatic carbocycles. The maximum Gasteiger partial charge on any atom is 0.231 e. The fraction of sp³-hybridized carbons (Fsp3) is 0.263. The van der Waals surface area contributed by atoms with Gasteiger partial charge in [-0.2, -0.15) is 0 Å². The molecule has 2 aromatic rings. The summed E-state index contributed by atoms with van der Waals surface area (Å²) in [5.74, 6) is -1.28. The van der Waals surface area contributed by atoms with Crippen molar-refractivity contribution in [1.82, 2.24) is 4.90 Å². The summed E-state index contributed by atoms with van der Waals surface area (Å²) in [5.41, 5.74) is 0.322. The van der Waals surface area contributed by atoms with Crippen LogP contribution in [0.1, 0.15) is 18.9 Å². The quantitative estimate of drug-likeness (QED) is 0.841. The van der Waals surface area contributed by atoms with E-state index in [4.69, 9.17) is 9.47 Å². The number of nitrogens with zero attached hydrogens (tertiary/aromatic N) is 1. The Labute approximate surface area is 154 Å². The molecule has 3 rings (SSSR count). The number of halogens is 2. The van der Waals surface area contributed by atoms with Crippen molar-refractivity contribution in [3.63, 3.8) is 0 Å². The van der Waals surface area contributed by atoms with Crippen molar-refractivity contribution < 1.29 is 27.8 Å². The van der Waals surface area contributed by atoms with Gasteiger partial charge in [-0.3, -0.25) is 9.59 Å². The zero-order valence-corrected chi connectivity index (χ0v) is 14.6. The highest BCUT2D eigenvalue weighted by molar-refractivity contribution is 5.91. The molecule has 0 fully saturated rings. The van der Waals surface area contributed by atoms with Gasteiger partial charge in [0.25, 0.3) is 0 Å². The molecule has 142 valence electrons. The topological polar surface area (TPSA) is 67.9 Å². The van der Waals surface area contributed by atoms with Crippen molar-refractivity contribution >= 4 is 17.5 Å². The molecule has 1 aliphatic rings. The number of anilines is 1. The molecular formula is C19H18F2N2O4. The Morgan fingerprint density at radius 3 is 2.52 bits per heavy atom. The average Bonchev–Trinajstić information content (AvgIpc) is 3.09. The Morgan fingerprint density at radius 1 is 1.11 bits per heavy atom. The highest BCUT2D eigenvalue weighted by Crippen LogP contribution is 2.32. The molecule has 1 aliphatic heterocycles. The molecule has 1 heterocycles. The fourth-order valence-electron chi connectivity index (χ4n) is 2.66. The van der Waals surface area contributed by atoms with E-state index in [2.05, 4.69) is 5.32 Å². The molecule has 0 spiro atoms. The number of para-hydroxylation sites is 1.